The van der Waals surface area contributed by atoms with Crippen LogP contribution in [0, 0.1) is 0 Å². The van der Waals surface area contributed by atoms with Crippen LogP contribution in [0.5, 0.6) is 11.6 Å². The number of aliphatic hydroxyl groups is 1. The number of benzene rings is 1. The first kappa shape index (κ1) is 21.3. The number of halogens is 6. The standard InChI is InChI=1S/C16H14ClF5N4O2S/c1-16(27,8-26-10-23-9-24-26)13-6-7-14(25-15(13)17)28-11-2-4-12(5-3-11)29(18,19,20,21)22/h2-7,9-10,27H,8H2,1H3. The number of hydrogen-bond donors (Lipinski definition) is 1. The molecule has 0 saturated carbocycles. The third-order valence-electron chi connectivity index (χ3n) is 3.83. The quantitative estimate of drug-likeness (QED) is 0.381. The number of ether oxygens (including phenoxy) is 1. The Bertz CT molecular complexity index is 1030. The van der Waals surface area contributed by atoms with E-state index in [4.69, 9.17) is 16.3 Å². The van der Waals surface area contributed by atoms with Crippen LogP contribution in [0.1, 0.15) is 12.5 Å². The topological polar surface area (TPSA) is 73.1 Å². The normalized spacial score (nSPS) is 16.6. The molecule has 2 aromatic heterocycles. The van der Waals surface area contributed by atoms with E-state index in [1.807, 2.05) is 0 Å². The number of aromatic nitrogens is 4. The van der Waals surface area contributed by atoms with E-state index in [0.717, 1.165) is 12.1 Å². The molecule has 1 aromatic carbocycles. The summed E-state index contributed by atoms with van der Waals surface area (Å²) in [5.41, 5.74) is -1.21. The number of pyridine rings is 1. The van der Waals surface area contributed by atoms with Crippen LogP contribution in [-0.2, 0) is 12.1 Å². The second-order valence-corrected chi connectivity index (χ2v) is 9.16. The minimum absolute atomic E-state index is 0.0322. The van der Waals surface area contributed by atoms with E-state index < -0.39 is 20.7 Å². The van der Waals surface area contributed by atoms with Gasteiger partial charge in [0.05, 0.1) is 6.54 Å². The summed E-state index contributed by atoms with van der Waals surface area (Å²) >= 11 is 6.10. The van der Waals surface area contributed by atoms with Crippen LogP contribution in [0.3, 0.4) is 0 Å². The summed E-state index contributed by atoms with van der Waals surface area (Å²) in [6, 6.07) is 4.71. The highest BCUT2D eigenvalue weighted by atomic mass is 35.5. The Morgan fingerprint density at radius 2 is 1.76 bits per heavy atom. The first-order chi connectivity index (χ1) is 13.1. The maximum atomic E-state index is 12.7. The van der Waals surface area contributed by atoms with Gasteiger partial charge in [0.15, 0.2) is 0 Å². The summed E-state index contributed by atoms with van der Waals surface area (Å²) in [6.07, 6.45) is 2.71. The van der Waals surface area contributed by atoms with Gasteiger partial charge in [-0.15, -0.1) is 0 Å². The zero-order valence-electron chi connectivity index (χ0n) is 14.6. The summed E-state index contributed by atoms with van der Waals surface area (Å²) < 4.78 is 70.4. The maximum absolute atomic E-state index is 12.7. The zero-order valence-corrected chi connectivity index (χ0v) is 16.2. The van der Waals surface area contributed by atoms with Crippen molar-refractivity contribution in [1.82, 2.24) is 19.7 Å². The molecule has 13 heteroatoms. The van der Waals surface area contributed by atoms with Crippen molar-refractivity contribution in [3.63, 3.8) is 0 Å². The van der Waals surface area contributed by atoms with Crippen molar-refractivity contribution in [2.45, 2.75) is 24.0 Å². The van der Waals surface area contributed by atoms with Crippen molar-refractivity contribution in [2.75, 3.05) is 0 Å². The summed E-state index contributed by atoms with van der Waals surface area (Å²) in [7, 11) is -9.75. The highest BCUT2D eigenvalue weighted by Gasteiger charge is 2.65. The van der Waals surface area contributed by atoms with E-state index in [1.54, 1.807) is 0 Å². The third-order valence-corrected chi connectivity index (χ3v) is 5.28. The summed E-state index contributed by atoms with van der Waals surface area (Å²) in [6.45, 7) is 1.52. The molecule has 3 rings (SSSR count). The highest BCUT2D eigenvalue weighted by Crippen LogP contribution is 3.02. The van der Waals surface area contributed by atoms with Gasteiger partial charge in [0.1, 0.15) is 34.1 Å². The molecule has 0 fully saturated rings. The number of hydrogen-bond acceptors (Lipinski definition) is 5. The van der Waals surface area contributed by atoms with Gasteiger partial charge in [0.2, 0.25) is 5.88 Å². The first-order valence-electron chi connectivity index (χ1n) is 7.88. The fourth-order valence-corrected chi connectivity index (χ4v) is 3.48. The molecule has 158 valence electrons. The van der Waals surface area contributed by atoms with Crippen molar-refractivity contribution < 1.29 is 29.3 Å². The molecule has 0 aliphatic heterocycles. The van der Waals surface area contributed by atoms with E-state index in [0.29, 0.717) is 0 Å². The van der Waals surface area contributed by atoms with Gasteiger partial charge in [0, 0.05) is 11.6 Å². The molecule has 0 radical (unpaired) electrons. The molecular formula is C16H14ClF5N4O2S. The average molecular weight is 457 g/mol. The number of rotatable bonds is 6. The zero-order chi connectivity index (χ0) is 21.6. The lowest BCUT2D eigenvalue weighted by molar-refractivity contribution is 0.0342. The maximum Gasteiger partial charge on any atom is 0.310 e. The molecule has 2 heterocycles. The molecule has 0 amide bonds. The van der Waals surface area contributed by atoms with Crippen LogP contribution in [-0.4, -0.2) is 24.9 Å². The van der Waals surface area contributed by atoms with Gasteiger partial charge in [0.25, 0.3) is 0 Å². The summed E-state index contributed by atoms with van der Waals surface area (Å²) in [5, 5.41) is 14.4. The van der Waals surface area contributed by atoms with Gasteiger partial charge in [-0.05, 0) is 37.3 Å². The van der Waals surface area contributed by atoms with Crippen molar-refractivity contribution >= 4 is 21.8 Å². The average Bonchev–Trinajstić information content (AvgIpc) is 3.05. The summed E-state index contributed by atoms with van der Waals surface area (Å²) in [5.74, 6) is -0.253. The Morgan fingerprint density at radius 1 is 1.10 bits per heavy atom. The lowest BCUT2D eigenvalue weighted by atomic mass is 9.98. The molecule has 1 unspecified atom stereocenters. The van der Waals surface area contributed by atoms with Gasteiger partial charge < -0.3 is 9.84 Å². The molecule has 1 N–H and O–H groups in total. The summed E-state index contributed by atoms with van der Waals surface area (Å²) in [4.78, 5) is 5.68. The third kappa shape index (κ3) is 5.14. The van der Waals surface area contributed by atoms with Crippen molar-refractivity contribution in [1.29, 1.82) is 0 Å². The second kappa shape index (κ2) is 6.28. The lowest BCUT2D eigenvalue weighted by Gasteiger charge is -2.40. The van der Waals surface area contributed by atoms with Crippen LogP contribution in [0.25, 0.3) is 0 Å². The van der Waals surface area contributed by atoms with Crippen molar-refractivity contribution in [3.05, 3.63) is 59.8 Å². The second-order valence-electron chi connectivity index (χ2n) is 6.40. The molecule has 29 heavy (non-hydrogen) atoms. The Kier molecular flexibility index (Phi) is 4.60. The van der Waals surface area contributed by atoms with Crippen molar-refractivity contribution in [2.24, 2.45) is 0 Å². The van der Waals surface area contributed by atoms with Gasteiger partial charge in [-0.1, -0.05) is 31.0 Å². The molecule has 3 aromatic rings. The Hall–Kier alpha value is -2.44. The van der Waals surface area contributed by atoms with Gasteiger partial charge >= 0.3 is 10.2 Å². The Morgan fingerprint density at radius 3 is 2.28 bits per heavy atom. The van der Waals surface area contributed by atoms with Crippen LogP contribution >= 0.6 is 21.8 Å². The fraction of sp³-hybridized carbons (Fsp3) is 0.188. The molecule has 0 saturated heterocycles. The van der Waals surface area contributed by atoms with Crippen LogP contribution in [0.2, 0.25) is 5.15 Å². The minimum atomic E-state index is -9.75. The minimum Gasteiger partial charge on any atom is -0.439 e. The van der Waals surface area contributed by atoms with E-state index in [1.165, 1.54) is 36.4 Å². The van der Waals surface area contributed by atoms with Crippen LogP contribution < -0.4 is 4.74 Å². The van der Waals surface area contributed by atoms with E-state index in [9.17, 15) is 24.5 Å². The largest absolute Gasteiger partial charge is 0.439 e. The molecule has 0 aliphatic carbocycles. The first-order valence-corrected chi connectivity index (χ1v) is 10.2. The molecular weight excluding hydrogens is 443 g/mol. The van der Waals surface area contributed by atoms with Gasteiger partial charge in [-0.25, -0.2) is 14.6 Å². The SMILES string of the molecule is CC(O)(Cn1cncn1)c1ccc(Oc2ccc(S(F)(F)(F)(F)F)cc2)nc1Cl. The van der Waals surface area contributed by atoms with Gasteiger partial charge in [-0.2, -0.15) is 5.10 Å². The molecule has 0 aliphatic rings. The Balaban J connectivity index is 1.79. The fourth-order valence-electron chi connectivity index (χ4n) is 2.48. The predicted molar refractivity (Wildman–Crippen MR) is 96.8 cm³/mol. The smallest absolute Gasteiger partial charge is 0.310 e. The van der Waals surface area contributed by atoms with E-state index in [-0.39, 0.29) is 41.0 Å². The van der Waals surface area contributed by atoms with Gasteiger partial charge in [-0.3, -0.25) is 0 Å². The predicted octanol–water partition coefficient (Wildman–Crippen LogP) is 5.68. The highest BCUT2D eigenvalue weighted by molar-refractivity contribution is 8.45. The number of nitrogens with zero attached hydrogens (tertiary/aromatic N) is 4. The van der Waals surface area contributed by atoms with E-state index in [2.05, 4.69) is 15.1 Å². The van der Waals surface area contributed by atoms with E-state index >= 15 is 0 Å². The monoisotopic (exact) mass is 456 g/mol. The van der Waals surface area contributed by atoms with Crippen LogP contribution in [0.15, 0.2) is 53.9 Å². The van der Waals surface area contributed by atoms with Crippen LogP contribution in [0.4, 0.5) is 19.4 Å². The Labute approximate surface area is 166 Å². The lowest BCUT2D eigenvalue weighted by Crippen LogP contribution is -2.28. The molecule has 0 spiro atoms. The van der Waals surface area contributed by atoms with Crippen molar-refractivity contribution in [3.8, 4) is 11.6 Å². The molecule has 1 atom stereocenters. The molecule has 0 bridgehead atoms. The molecule has 6 nitrogen and oxygen atoms in total.